The number of hydrogen-bond acceptors (Lipinski definition) is 2. The van der Waals surface area contributed by atoms with E-state index in [9.17, 15) is 10.2 Å². The van der Waals surface area contributed by atoms with Gasteiger partial charge in [0.1, 0.15) is 22.8 Å². The normalized spacial score (nSPS) is 18.8. The summed E-state index contributed by atoms with van der Waals surface area (Å²) in [6.45, 7) is 0. The van der Waals surface area contributed by atoms with Crippen LogP contribution in [0, 0.1) is 0 Å². The Bertz CT molecular complexity index is 1400. The van der Waals surface area contributed by atoms with Crippen molar-refractivity contribution in [3.63, 3.8) is 0 Å². The Hall–Kier alpha value is -3.61. The zero-order chi connectivity index (χ0) is 30.9. The van der Waals surface area contributed by atoms with Crippen molar-refractivity contribution in [3.8, 4) is 0 Å². The summed E-state index contributed by atoms with van der Waals surface area (Å²) < 4.78 is 0. The molecule has 2 aliphatic rings. The Kier molecular flexibility index (Phi) is 10.5. The largest absolute Gasteiger partial charge is 0.507 e. The van der Waals surface area contributed by atoms with E-state index in [1.165, 1.54) is 75.3 Å². The Labute approximate surface area is 270 Å². The molecule has 2 fully saturated rings. The summed E-state index contributed by atoms with van der Waals surface area (Å²) in [5.74, 6) is 0.729. The van der Waals surface area contributed by atoms with Crippen LogP contribution in [0.25, 0.3) is 11.5 Å². The molecule has 2 nitrogen and oxygen atoms in total. The lowest BCUT2D eigenvalue weighted by Gasteiger charge is -2.50. The highest BCUT2D eigenvalue weighted by molar-refractivity contribution is 7.78. The Morgan fingerprint density at radius 3 is 1.11 bits per heavy atom. The highest BCUT2D eigenvalue weighted by Crippen LogP contribution is 2.87. The van der Waals surface area contributed by atoms with Crippen LogP contribution >= 0.6 is 7.26 Å². The smallest absolute Gasteiger partial charge is 0.123 e. The SMILES string of the molecule is O/C(=C\C(c1ccccc1)[P+](C1CCCCC1)(C1CCCCC1)C(/C=C(\O)c1ccccc1)c1ccccc1)c1ccccc1. The molecule has 0 heterocycles. The fourth-order valence-electron chi connectivity index (χ4n) is 8.41. The number of hydrogen-bond donors (Lipinski definition) is 2. The number of benzene rings is 4. The minimum absolute atomic E-state index is 0.0511. The van der Waals surface area contributed by atoms with E-state index in [4.69, 9.17) is 0 Å². The lowest BCUT2D eigenvalue weighted by Crippen LogP contribution is -2.34. The van der Waals surface area contributed by atoms with Gasteiger partial charge in [-0.05, 0) is 62.5 Å². The van der Waals surface area contributed by atoms with Gasteiger partial charge in [-0.3, -0.25) is 0 Å². The second kappa shape index (κ2) is 15.1. The van der Waals surface area contributed by atoms with Gasteiger partial charge in [0.25, 0.3) is 0 Å². The first-order valence-electron chi connectivity index (χ1n) is 17.1. The van der Waals surface area contributed by atoms with E-state index in [0.29, 0.717) is 22.8 Å². The molecule has 2 unspecified atom stereocenters. The third kappa shape index (κ3) is 6.97. The minimum Gasteiger partial charge on any atom is -0.507 e. The summed E-state index contributed by atoms with van der Waals surface area (Å²) in [4.78, 5) is 0. The van der Waals surface area contributed by atoms with E-state index in [2.05, 4.69) is 72.8 Å². The quantitative estimate of drug-likeness (QED) is 0.138. The third-order valence-corrected chi connectivity index (χ3v) is 16.8. The summed E-state index contributed by atoms with van der Waals surface area (Å²) in [5.41, 5.74) is 5.50. The Morgan fingerprint density at radius 2 is 0.778 bits per heavy atom. The molecule has 3 heteroatoms. The maximum Gasteiger partial charge on any atom is 0.123 e. The minimum atomic E-state index is -2.13. The number of aliphatic hydroxyl groups excluding tert-OH is 2. The molecule has 4 aromatic rings. The van der Waals surface area contributed by atoms with Crippen molar-refractivity contribution in [2.24, 2.45) is 0 Å². The predicted molar refractivity (Wildman–Crippen MR) is 193 cm³/mol. The number of aliphatic hydroxyl groups is 2. The van der Waals surface area contributed by atoms with E-state index in [1.807, 2.05) is 60.7 Å². The van der Waals surface area contributed by atoms with Gasteiger partial charge in [0.05, 0.1) is 11.3 Å². The first-order valence-corrected chi connectivity index (χ1v) is 19.1. The van der Waals surface area contributed by atoms with Gasteiger partial charge in [-0.25, -0.2) is 0 Å². The molecule has 0 bridgehead atoms. The highest BCUT2D eigenvalue weighted by Gasteiger charge is 2.62. The van der Waals surface area contributed by atoms with Crippen LogP contribution in [0.3, 0.4) is 0 Å². The van der Waals surface area contributed by atoms with Gasteiger partial charge in [-0.15, -0.1) is 0 Å². The maximum absolute atomic E-state index is 11.9. The molecule has 0 amide bonds. The molecule has 0 spiro atoms. The van der Waals surface area contributed by atoms with Crippen LogP contribution in [-0.4, -0.2) is 21.5 Å². The molecule has 2 aliphatic carbocycles. The van der Waals surface area contributed by atoms with Crippen molar-refractivity contribution < 1.29 is 10.2 Å². The topological polar surface area (TPSA) is 40.5 Å². The van der Waals surface area contributed by atoms with E-state index >= 15 is 0 Å². The van der Waals surface area contributed by atoms with Crippen molar-refractivity contribution >= 4 is 18.8 Å². The lowest BCUT2D eigenvalue weighted by atomic mass is 9.99. The van der Waals surface area contributed by atoms with Gasteiger partial charge < -0.3 is 10.2 Å². The molecule has 0 aromatic heterocycles. The molecule has 6 rings (SSSR count). The van der Waals surface area contributed by atoms with Crippen molar-refractivity contribution in [3.05, 3.63) is 156 Å². The van der Waals surface area contributed by atoms with Gasteiger partial charge in [0.15, 0.2) is 0 Å². The lowest BCUT2D eigenvalue weighted by molar-refractivity contribution is 0.471. The maximum atomic E-state index is 11.9. The standard InChI is InChI=1S/C42H47O2P/c43-39(33-19-7-1-8-20-33)31-41(35-23-11-3-12-24-35)45(37-27-15-5-16-28-37,38-29-17-6-18-30-38)42(36-25-13-4-14-26-36)32-40(44)34-21-9-2-10-22-34/h1-4,7-14,19-26,31-32,37-38,41-42H,5-6,15-18,27-30H2,(H-,43,44)/p+1/b39-31-,40-32-. The summed E-state index contributed by atoms with van der Waals surface area (Å²) in [6.07, 6.45) is 17.0. The average Bonchev–Trinajstić information content (AvgIpc) is 3.13. The molecule has 0 saturated heterocycles. The zero-order valence-electron chi connectivity index (χ0n) is 26.4. The third-order valence-electron chi connectivity index (χ3n) is 10.4. The van der Waals surface area contributed by atoms with E-state index in [0.717, 1.165) is 11.1 Å². The van der Waals surface area contributed by atoms with Crippen molar-refractivity contribution in [2.75, 3.05) is 0 Å². The Morgan fingerprint density at radius 1 is 0.467 bits per heavy atom. The molecule has 2 atom stereocenters. The molecule has 45 heavy (non-hydrogen) atoms. The van der Waals surface area contributed by atoms with E-state index in [1.54, 1.807) is 0 Å². The average molecular weight is 616 g/mol. The van der Waals surface area contributed by atoms with Crippen molar-refractivity contribution in [1.82, 2.24) is 0 Å². The number of allylic oxidation sites excluding steroid dienone is 2. The molecular weight excluding hydrogens is 567 g/mol. The first kappa shape index (κ1) is 31.4. The summed E-state index contributed by atoms with van der Waals surface area (Å²) in [5, 5.41) is 23.9. The summed E-state index contributed by atoms with van der Waals surface area (Å²) in [6, 6.07) is 42.2. The van der Waals surface area contributed by atoms with Crippen LogP contribution in [0.15, 0.2) is 133 Å². The Balaban J connectivity index is 1.68. The van der Waals surface area contributed by atoms with Crippen molar-refractivity contribution in [2.45, 2.75) is 86.8 Å². The molecule has 0 aliphatic heterocycles. The van der Waals surface area contributed by atoms with Crippen molar-refractivity contribution in [1.29, 1.82) is 0 Å². The summed E-state index contributed by atoms with van der Waals surface area (Å²) in [7, 11) is -2.13. The van der Waals surface area contributed by atoms with Crippen LogP contribution in [0.5, 0.6) is 0 Å². The van der Waals surface area contributed by atoms with Crippen LogP contribution in [0.1, 0.15) is 97.8 Å². The van der Waals surface area contributed by atoms with Crippen LogP contribution < -0.4 is 0 Å². The van der Waals surface area contributed by atoms with Crippen LogP contribution in [-0.2, 0) is 0 Å². The molecule has 4 aromatic carbocycles. The van der Waals surface area contributed by atoms with E-state index < -0.39 is 7.26 Å². The molecule has 2 N–H and O–H groups in total. The molecule has 2 saturated carbocycles. The van der Waals surface area contributed by atoms with Gasteiger partial charge in [0, 0.05) is 30.5 Å². The monoisotopic (exact) mass is 615 g/mol. The number of rotatable bonds is 10. The predicted octanol–water partition coefficient (Wildman–Crippen LogP) is 12.4. The fraction of sp³-hybridized carbons (Fsp3) is 0.333. The van der Waals surface area contributed by atoms with Crippen LogP contribution in [0.2, 0.25) is 0 Å². The van der Waals surface area contributed by atoms with Gasteiger partial charge in [0.2, 0.25) is 0 Å². The second-order valence-electron chi connectivity index (χ2n) is 13.0. The van der Waals surface area contributed by atoms with Gasteiger partial charge >= 0.3 is 0 Å². The molecular formula is C42H48O2P+. The highest BCUT2D eigenvalue weighted by atomic mass is 31.2. The zero-order valence-corrected chi connectivity index (χ0v) is 27.3. The fourth-order valence-corrected chi connectivity index (χ4v) is 15.9. The van der Waals surface area contributed by atoms with Crippen LogP contribution in [0.4, 0.5) is 0 Å². The van der Waals surface area contributed by atoms with Gasteiger partial charge in [-0.1, -0.05) is 134 Å². The molecule has 0 radical (unpaired) electrons. The summed E-state index contributed by atoms with van der Waals surface area (Å²) >= 11 is 0. The molecule has 232 valence electrons. The first-order chi connectivity index (χ1) is 22.2. The van der Waals surface area contributed by atoms with Gasteiger partial charge in [-0.2, -0.15) is 0 Å². The second-order valence-corrected chi connectivity index (χ2v) is 17.4. The van der Waals surface area contributed by atoms with E-state index in [-0.39, 0.29) is 11.3 Å².